The van der Waals surface area contributed by atoms with E-state index in [2.05, 4.69) is 10.1 Å². The van der Waals surface area contributed by atoms with Gasteiger partial charge in [0.2, 0.25) is 0 Å². The fourth-order valence-electron chi connectivity index (χ4n) is 3.49. The average Bonchev–Trinajstić information content (AvgIpc) is 3.24. The summed E-state index contributed by atoms with van der Waals surface area (Å²) in [6, 6.07) is 6.70. The van der Waals surface area contributed by atoms with Crippen LogP contribution in [0.4, 0.5) is 0 Å². The molecule has 7 heteroatoms. The number of aromatic nitrogens is 3. The first-order valence-corrected chi connectivity index (χ1v) is 8.73. The number of hydrogen-bond acceptors (Lipinski definition) is 5. The highest BCUT2D eigenvalue weighted by molar-refractivity contribution is 6.05. The molecule has 0 fully saturated rings. The second kappa shape index (κ2) is 6.19. The Morgan fingerprint density at radius 3 is 2.48 bits per heavy atom. The highest BCUT2D eigenvalue weighted by Crippen LogP contribution is 2.29. The highest BCUT2D eigenvalue weighted by atomic mass is 16.5. The van der Waals surface area contributed by atoms with Gasteiger partial charge in [-0.25, -0.2) is 14.3 Å². The van der Waals surface area contributed by atoms with E-state index in [-0.39, 0.29) is 11.5 Å². The second-order valence-corrected chi connectivity index (χ2v) is 6.77. The predicted molar refractivity (Wildman–Crippen MR) is 98.6 cm³/mol. The van der Waals surface area contributed by atoms with Crippen LogP contribution in [0, 0.1) is 20.8 Å². The van der Waals surface area contributed by atoms with E-state index in [9.17, 15) is 9.59 Å². The van der Waals surface area contributed by atoms with Gasteiger partial charge in [-0.05, 0) is 38.5 Å². The van der Waals surface area contributed by atoms with Crippen molar-refractivity contribution in [1.82, 2.24) is 19.5 Å². The third kappa shape index (κ3) is 2.58. The molecule has 27 heavy (non-hydrogen) atoms. The number of methoxy groups -OCH3 is 1. The van der Waals surface area contributed by atoms with Crippen LogP contribution in [0.15, 0.2) is 24.3 Å². The maximum absolute atomic E-state index is 13.0. The molecule has 0 radical (unpaired) electrons. The number of esters is 1. The molecule has 0 N–H and O–H groups in total. The number of aryl methyl sites for hydroxylation is 2. The Balaban J connectivity index is 1.70. The fourth-order valence-corrected chi connectivity index (χ4v) is 3.49. The zero-order valence-electron chi connectivity index (χ0n) is 15.7. The standard InChI is InChI=1S/C20H20N4O3/c1-11-12(2)21-18-16-9-23(10-17(16)22-24(18)13(11)3)19(25)14-7-5-6-8-15(14)20(26)27-4/h5-8H,9-10H2,1-4H3. The number of benzene rings is 1. The van der Waals surface area contributed by atoms with Crippen molar-refractivity contribution in [3.05, 3.63) is 63.6 Å². The quantitative estimate of drug-likeness (QED) is 0.653. The topological polar surface area (TPSA) is 76.8 Å². The van der Waals surface area contributed by atoms with Gasteiger partial charge in [-0.1, -0.05) is 12.1 Å². The largest absolute Gasteiger partial charge is 0.465 e. The summed E-state index contributed by atoms with van der Waals surface area (Å²) < 4.78 is 6.65. The van der Waals surface area contributed by atoms with Gasteiger partial charge < -0.3 is 9.64 Å². The van der Waals surface area contributed by atoms with E-state index in [1.807, 2.05) is 25.3 Å². The fraction of sp³-hybridized carbons (Fsp3) is 0.300. The molecule has 1 amide bonds. The molecule has 1 aliphatic heterocycles. The molecule has 3 heterocycles. The lowest BCUT2D eigenvalue weighted by atomic mass is 10.1. The van der Waals surface area contributed by atoms with Gasteiger partial charge in [0.05, 0.1) is 37.0 Å². The number of amides is 1. The van der Waals surface area contributed by atoms with Gasteiger partial charge in [-0.3, -0.25) is 4.79 Å². The van der Waals surface area contributed by atoms with Crippen molar-refractivity contribution >= 4 is 17.5 Å². The molecule has 3 aromatic rings. The number of carbonyl (C=O) groups excluding carboxylic acids is 2. The average molecular weight is 364 g/mol. The van der Waals surface area contributed by atoms with Crippen molar-refractivity contribution in [3.63, 3.8) is 0 Å². The molecule has 0 saturated carbocycles. The highest BCUT2D eigenvalue weighted by Gasteiger charge is 2.31. The van der Waals surface area contributed by atoms with E-state index in [1.165, 1.54) is 7.11 Å². The number of fused-ring (bicyclic) bond motifs is 3. The van der Waals surface area contributed by atoms with E-state index in [4.69, 9.17) is 4.74 Å². The van der Waals surface area contributed by atoms with Gasteiger partial charge in [-0.2, -0.15) is 5.10 Å². The number of nitrogens with zero attached hydrogens (tertiary/aromatic N) is 4. The Labute approximate surface area is 156 Å². The first-order valence-electron chi connectivity index (χ1n) is 8.73. The molecule has 0 atom stereocenters. The monoisotopic (exact) mass is 364 g/mol. The molecule has 0 unspecified atom stereocenters. The summed E-state index contributed by atoms with van der Waals surface area (Å²) in [6.45, 7) is 6.84. The minimum absolute atomic E-state index is 0.215. The van der Waals surface area contributed by atoms with E-state index in [1.54, 1.807) is 29.2 Å². The number of ether oxygens (including phenoxy) is 1. The van der Waals surface area contributed by atoms with Crippen LogP contribution in [-0.2, 0) is 17.8 Å². The molecule has 0 saturated heterocycles. The SMILES string of the molecule is COC(=O)c1ccccc1C(=O)N1Cc2nn3c(C)c(C)c(C)nc3c2C1. The van der Waals surface area contributed by atoms with Crippen LogP contribution in [-0.4, -0.2) is 38.5 Å². The molecule has 1 aliphatic rings. The van der Waals surface area contributed by atoms with Crippen LogP contribution in [0.1, 0.15) is 48.9 Å². The van der Waals surface area contributed by atoms with E-state index in [0.29, 0.717) is 18.7 Å². The first-order chi connectivity index (χ1) is 12.9. The van der Waals surface area contributed by atoms with E-state index >= 15 is 0 Å². The molecule has 0 spiro atoms. The Morgan fingerprint density at radius 2 is 1.78 bits per heavy atom. The van der Waals surface area contributed by atoms with Crippen molar-refractivity contribution in [2.75, 3.05) is 7.11 Å². The van der Waals surface area contributed by atoms with E-state index in [0.717, 1.165) is 33.9 Å². The Hall–Kier alpha value is -3.22. The molecule has 1 aromatic carbocycles. The molecule has 0 bridgehead atoms. The summed E-state index contributed by atoms with van der Waals surface area (Å²) in [5.74, 6) is -0.736. The number of carbonyl (C=O) groups is 2. The number of hydrogen-bond donors (Lipinski definition) is 0. The van der Waals surface area contributed by atoms with Gasteiger partial charge in [-0.15, -0.1) is 0 Å². The maximum atomic E-state index is 13.0. The van der Waals surface area contributed by atoms with Crippen LogP contribution in [0.3, 0.4) is 0 Å². The molecule has 138 valence electrons. The Kier molecular flexibility index (Phi) is 3.95. The van der Waals surface area contributed by atoms with Crippen LogP contribution in [0.2, 0.25) is 0 Å². The van der Waals surface area contributed by atoms with Gasteiger partial charge >= 0.3 is 5.97 Å². The zero-order valence-corrected chi connectivity index (χ0v) is 15.7. The summed E-state index contributed by atoms with van der Waals surface area (Å²) in [6.07, 6.45) is 0. The van der Waals surface area contributed by atoms with Crippen LogP contribution >= 0.6 is 0 Å². The van der Waals surface area contributed by atoms with Gasteiger partial charge in [0, 0.05) is 17.0 Å². The molecule has 2 aromatic heterocycles. The molecule has 0 aliphatic carbocycles. The van der Waals surface area contributed by atoms with Gasteiger partial charge in [0.1, 0.15) is 0 Å². The second-order valence-electron chi connectivity index (χ2n) is 6.77. The number of rotatable bonds is 2. The summed E-state index contributed by atoms with van der Waals surface area (Å²) in [5.41, 5.74) is 6.34. The summed E-state index contributed by atoms with van der Waals surface area (Å²) in [4.78, 5) is 31.4. The van der Waals surface area contributed by atoms with Gasteiger partial charge in [0.15, 0.2) is 5.65 Å². The van der Waals surface area contributed by atoms with Crippen molar-refractivity contribution in [2.45, 2.75) is 33.9 Å². The van der Waals surface area contributed by atoms with E-state index < -0.39 is 5.97 Å². The molecule has 7 nitrogen and oxygen atoms in total. The summed E-state index contributed by atoms with van der Waals surface area (Å²) >= 11 is 0. The molecular formula is C20H20N4O3. The Morgan fingerprint density at radius 1 is 1.07 bits per heavy atom. The van der Waals surface area contributed by atoms with Gasteiger partial charge in [0.25, 0.3) is 5.91 Å². The van der Waals surface area contributed by atoms with Crippen molar-refractivity contribution < 1.29 is 14.3 Å². The lowest BCUT2D eigenvalue weighted by molar-refractivity contribution is 0.0589. The smallest absolute Gasteiger partial charge is 0.338 e. The van der Waals surface area contributed by atoms with Crippen molar-refractivity contribution in [2.24, 2.45) is 0 Å². The minimum Gasteiger partial charge on any atom is -0.465 e. The van der Waals surface area contributed by atoms with Crippen LogP contribution in [0.25, 0.3) is 5.65 Å². The zero-order chi connectivity index (χ0) is 19.3. The Bertz CT molecular complexity index is 1100. The summed E-state index contributed by atoms with van der Waals surface area (Å²) in [5, 5.41) is 4.66. The van der Waals surface area contributed by atoms with Crippen molar-refractivity contribution in [3.8, 4) is 0 Å². The maximum Gasteiger partial charge on any atom is 0.338 e. The lowest BCUT2D eigenvalue weighted by Crippen LogP contribution is -2.28. The lowest BCUT2D eigenvalue weighted by Gasteiger charge is -2.17. The minimum atomic E-state index is -0.521. The van der Waals surface area contributed by atoms with Crippen LogP contribution in [0.5, 0.6) is 0 Å². The van der Waals surface area contributed by atoms with Crippen molar-refractivity contribution in [1.29, 1.82) is 0 Å². The van der Waals surface area contributed by atoms with Crippen LogP contribution < -0.4 is 0 Å². The first kappa shape index (κ1) is 17.2. The normalized spacial score (nSPS) is 13.1. The third-order valence-corrected chi connectivity index (χ3v) is 5.26. The third-order valence-electron chi connectivity index (χ3n) is 5.26. The molecular weight excluding hydrogens is 344 g/mol. The predicted octanol–water partition coefficient (Wildman–Crippen LogP) is 2.60. The molecule has 4 rings (SSSR count). The summed E-state index contributed by atoms with van der Waals surface area (Å²) in [7, 11) is 1.31.